The molecule has 21 heavy (non-hydrogen) atoms. The van der Waals surface area contributed by atoms with E-state index in [-0.39, 0.29) is 5.91 Å². The molecule has 0 aliphatic heterocycles. The third-order valence-corrected chi connectivity index (χ3v) is 3.25. The zero-order chi connectivity index (χ0) is 15.6. The fourth-order valence-corrected chi connectivity index (χ4v) is 2.19. The number of nitrogens with zero attached hydrogens (tertiary/aromatic N) is 2. The van der Waals surface area contributed by atoms with E-state index in [1.54, 1.807) is 30.9 Å². The third kappa shape index (κ3) is 2.81. The molecule has 7 heteroatoms. The van der Waals surface area contributed by atoms with Gasteiger partial charge in [-0.3, -0.25) is 9.48 Å². The Labute approximate surface area is 122 Å². The molecule has 7 nitrogen and oxygen atoms in total. The number of ether oxygens (including phenoxy) is 1. The number of anilines is 1. The Balaban J connectivity index is 2.33. The van der Waals surface area contributed by atoms with Crippen molar-refractivity contribution >= 4 is 17.7 Å². The standard InChI is InChI=1S/C14H18N4O3/c1-5-9-11(14(20)21-4)8(2)12(15-9)13(19)16-10-6-7-18(3)17-10/h6-7,15H,5H2,1-4H3,(H,16,17,19). The summed E-state index contributed by atoms with van der Waals surface area (Å²) in [5.41, 5.74) is 2.03. The molecule has 1 amide bonds. The summed E-state index contributed by atoms with van der Waals surface area (Å²) in [5.74, 6) is -0.331. The third-order valence-electron chi connectivity index (χ3n) is 3.25. The van der Waals surface area contributed by atoms with Gasteiger partial charge in [-0.05, 0) is 18.9 Å². The van der Waals surface area contributed by atoms with Gasteiger partial charge in [0.2, 0.25) is 0 Å². The first-order valence-electron chi connectivity index (χ1n) is 6.58. The van der Waals surface area contributed by atoms with Crippen LogP contribution in [0.3, 0.4) is 0 Å². The number of hydrogen-bond acceptors (Lipinski definition) is 4. The molecule has 0 atom stereocenters. The van der Waals surface area contributed by atoms with Crippen LogP contribution in [0, 0.1) is 6.92 Å². The van der Waals surface area contributed by atoms with Gasteiger partial charge in [0.15, 0.2) is 5.82 Å². The van der Waals surface area contributed by atoms with Gasteiger partial charge in [0.1, 0.15) is 5.69 Å². The van der Waals surface area contributed by atoms with Gasteiger partial charge in [-0.25, -0.2) is 4.79 Å². The van der Waals surface area contributed by atoms with E-state index in [4.69, 9.17) is 4.74 Å². The highest BCUT2D eigenvalue weighted by atomic mass is 16.5. The summed E-state index contributed by atoms with van der Waals surface area (Å²) < 4.78 is 6.36. The van der Waals surface area contributed by atoms with Crippen LogP contribution in [0.1, 0.15) is 39.0 Å². The number of esters is 1. The van der Waals surface area contributed by atoms with Gasteiger partial charge in [-0.2, -0.15) is 5.10 Å². The second kappa shape index (κ2) is 5.82. The molecule has 2 heterocycles. The molecule has 0 aromatic carbocycles. The first-order chi connectivity index (χ1) is 9.97. The molecule has 2 rings (SSSR count). The van der Waals surface area contributed by atoms with Crippen LogP contribution in [0.5, 0.6) is 0 Å². The van der Waals surface area contributed by atoms with E-state index in [1.165, 1.54) is 7.11 Å². The number of aryl methyl sites for hydroxylation is 2. The average molecular weight is 290 g/mol. The Morgan fingerprint density at radius 2 is 2.19 bits per heavy atom. The number of amides is 1. The maximum Gasteiger partial charge on any atom is 0.339 e. The van der Waals surface area contributed by atoms with E-state index < -0.39 is 5.97 Å². The fourth-order valence-electron chi connectivity index (χ4n) is 2.19. The highest BCUT2D eigenvalue weighted by Crippen LogP contribution is 2.21. The first-order valence-corrected chi connectivity index (χ1v) is 6.58. The molecular formula is C14H18N4O3. The maximum absolute atomic E-state index is 12.3. The largest absolute Gasteiger partial charge is 0.465 e. The van der Waals surface area contributed by atoms with Crippen LogP contribution < -0.4 is 5.32 Å². The summed E-state index contributed by atoms with van der Waals surface area (Å²) in [6.07, 6.45) is 2.33. The molecule has 0 aliphatic rings. The number of methoxy groups -OCH3 is 1. The van der Waals surface area contributed by atoms with Crippen molar-refractivity contribution in [1.82, 2.24) is 14.8 Å². The normalized spacial score (nSPS) is 10.5. The van der Waals surface area contributed by atoms with E-state index in [2.05, 4.69) is 15.4 Å². The number of carbonyl (C=O) groups is 2. The Kier molecular flexibility index (Phi) is 4.11. The fraction of sp³-hybridized carbons (Fsp3) is 0.357. The second-order valence-corrected chi connectivity index (χ2v) is 4.65. The van der Waals surface area contributed by atoms with Gasteiger partial charge in [0.05, 0.1) is 12.7 Å². The quantitative estimate of drug-likeness (QED) is 0.838. The van der Waals surface area contributed by atoms with Crippen LogP contribution >= 0.6 is 0 Å². The number of H-pyrrole nitrogens is 1. The minimum atomic E-state index is -0.447. The molecule has 0 bridgehead atoms. The molecule has 0 unspecified atom stereocenters. The highest BCUT2D eigenvalue weighted by Gasteiger charge is 2.23. The van der Waals surface area contributed by atoms with Crippen molar-refractivity contribution in [3.8, 4) is 0 Å². The Hall–Kier alpha value is -2.57. The van der Waals surface area contributed by atoms with Crippen molar-refractivity contribution in [2.45, 2.75) is 20.3 Å². The zero-order valence-corrected chi connectivity index (χ0v) is 12.5. The van der Waals surface area contributed by atoms with Gasteiger partial charge in [0.25, 0.3) is 5.91 Å². The second-order valence-electron chi connectivity index (χ2n) is 4.65. The van der Waals surface area contributed by atoms with Crippen molar-refractivity contribution in [2.24, 2.45) is 7.05 Å². The zero-order valence-electron chi connectivity index (χ0n) is 12.5. The van der Waals surface area contributed by atoms with Gasteiger partial charge in [-0.1, -0.05) is 6.92 Å². The number of aromatic nitrogens is 3. The molecule has 2 N–H and O–H groups in total. The van der Waals surface area contributed by atoms with Crippen LogP contribution in [-0.2, 0) is 18.2 Å². The lowest BCUT2D eigenvalue weighted by atomic mass is 10.1. The van der Waals surface area contributed by atoms with E-state index in [0.717, 1.165) is 0 Å². The maximum atomic E-state index is 12.3. The Bertz CT molecular complexity index is 684. The lowest BCUT2D eigenvalue weighted by Gasteiger charge is -2.02. The molecule has 0 aliphatic carbocycles. The molecular weight excluding hydrogens is 272 g/mol. The minimum absolute atomic E-state index is 0.337. The van der Waals surface area contributed by atoms with Crippen molar-refractivity contribution in [1.29, 1.82) is 0 Å². The van der Waals surface area contributed by atoms with Gasteiger partial charge < -0.3 is 15.0 Å². The van der Waals surface area contributed by atoms with Gasteiger partial charge >= 0.3 is 5.97 Å². The van der Waals surface area contributed by atoms with Crippen molar-refractivity contribution in [3.63, 3.8) is 0 Å². The number of carbonyl (C=O) groups excluding carboxylic acids is 2. The highest BCUT2D eigenvalue weighted by molar-refractivity contribution is 6.06. The number of rotatable bonds is 4. The first kappa shape index (κ1) is 14.8. The lowest BCUT2D eigenvalue weighted by Crippen LogP contribution is -2.14. The van der Waals surface area contributed by atoms with Crippen LogP contribution in [-0.4, -0.2) is 33.8 Å². The summed E-state index contributed by atoms with van der Waals surface area (Å²) in [6.45, 7) is 3.62. The molecule has 0 spiro atoms. The molecule has 0 radical (unpaired) electrons. The smallest absolute Gasteiger partial charge is 0.339 e. The molecule has 112 valence electrons. The minimum Gasteiger partial charge on any atom is -0.465 e. The van der Waals surface area contributed by atoms with Crippen LogP contribution in [0.2, 0.25) is 0 Å². The monoisotopic (exact) mass is 290 g/mol. The van der Waals surface area contributed by atoms with E-state index in [1.807, 2.05) is 6.92 Å². The number of nitrogens with one attached hydrogen (secondary N) is 2. The summed E-state index contributed by atoms with van der Waals surface area (Å²) in [6, 6.07) is 1.69. The number of hydrogen-bond donors (Lipinski definition) is 2. The summed E-state index contributed by atoms with van der Waals surface area (Å²) in [4.78, 5) is 27.1. The molecule has 0 fully saturated rings. The molecule has 0 saturated heterocycles. The predicted octanol–water partition coefficient (Wildman–Crippen LogP) is 1.66. The van der Waals surface area contributed by atoms with Crippen LogP contribution in [0.15, 0.2) is 12.3 Å². The SMILES string of the molecule is CCc1[nH]c(C(=O)Nc2ccn(C)n2)c(C)c1C(=O)OC. The summed E-state index contributed by atoms with van der Waals surface area (Å²) in [5, 5.41) is 6.77. The van der Waals surface area contributed by atoms with Gasteiger partial charge in [0, 0.05) is 25.0 Å². The predicted molar refractivity (Wildman–Crippen MR) is 77.4 cm³/mol. The van der Waals surface area contributed by atoms with E-state index in [9.17, 15) is 9.59 Å². The number of aromatic amines is 1. The summed E-state index contributed by atoms with van der Waals surface area (Å²) >= 11 is 0. The Morgan fingerprint density at radius 1 is 1.48 bits per heavy atom. The van der Waals surface area contributed by atoms with E-state index >= 15 is 0 Å². The van der Waals surface area contributed by atoms with Crippen molar-refractivity contribution < 1.29 is 14.3 Å². The average Bonchev–Trinajstić information content (AvgIpc) is 3.01. The van der Waals surface area contributed by atoms with Crippen LogP contribution in [0.4, 0.5) is 5.82 Å². The molecule has 2 aromatic rings. The topological polar surface area (TPSA) is 89.0 Å². The molecule has 0 saturated carbocycles. The van der Waals surface area contributed by atoms with Gasteiger partial charge in [-0.15, -0.1) is 0 Å². The van der Waals surface area contributed by atoms with Crippen molar-refractivity contribution in [3.05, 3.63) is 34.8 Å². The van der Waals surface area contributed by atoms with Crippen LogP contribution in [0.25, 0.3) is 0 Å². The van der Waals surface area contributed by atoms with Crippen molar-refractivity contribution in [2.75, 3.05) is 12.4 Å². The summed E-state index contributed by atoms with van der Waals surface area (Å²) in [7, 11) is 3.09. The lowest BCUT2D eigenvalue weighted by molar-refractivity contribution is 0.0599. The molecule has 2 aromatic heterocycles. The van der Waals surface area contributed by atoms with E-state index in [0.29, 0.717) is 34.8 Å². The Morgan fingerprint density at radius 3 is 2.71 bits per heavy atom.